The highest BCUT2D eigenvalue weighted by Crippen LogP contribution is 2.49. The van der Waals surface area contributed by atoms with Gasteiger partial charge in [0.25, 0.3) is 0 Å². The zero-order valence-electron chi connectivity index (χ0n) is 11.0. The number of carbonyl (C=O) groups is 2. The first-order chi connectivity index (χ1) is 9.58. The first-order valence-electron chi connectivity index (χ1n) is 6.86. The van der Waals surface area contributed by atoms with E-state index >= 15 is 0 Å². The average Bonchev–Trinajstić information content (AvgIpc) is 3.06. The molecule has 3 atom stereocenters. The predicted octanol–water partition coefficient (Wildman–Crippen LogP) is 2.52. The van der Waals surface area contributed by atoms with Crippen LogP contribution in [0.2, 0.25) is 5.02 Å². The van der Waals surface area contributed by atoms with Crippen molar-refractivity contribution in [2.45, 2.75) is 31.2 Å². The standard InChI is InChI=1S/C15H16ClNO3/c16-10-4-1-3-9(7-10)11-8-12(11)14(18)17-6-2-5-13(17)15(19)20/h1,3-4,7,11-13H,2,5-6,8H2,(H,19,20)/t11-,12+,13+/m0/s1. The number of hydrogen-bond acceptors (Lipinski definition) is 2. The van der Waals surface area contributed by atoms with Crippen molar-refractivity contribution >= 4 is 23.5 Å². The summed E-state index contributed by atoms with van der Waals surface area (Å²) in [5.74, 6) is -0.791. The number of carbonyl (C=O) groups excluding carboxylic acids is 1. The zero-order chi connectivity index (χ0) is 14.3. The lowest BCUT2D eigenvalue weighted by molar-refractivity contribution is -0.148. The summed E-state index contributed by atoms with van der Waals surface area (Å²) in [4.78, 5) is 25.1. The van der Waals surface area contributed by atoms with Crippen molar-refractivity contribution in [2.75, 3.05) is 6.54 Å². The fourth-order valence-electron chi connectivity index (χ4n) is 3.07. The van der Waals surface area contributed by atoms with Crippen LogP contribution >= 0.6 is 11.6 Å². The van der Waals surface area contributed by atoms with E-state index < -0.39 is 12.0 Å². The molecule has 0 unspecified atom stereocenters. The van der Waals surface area contributed by atoms with E-state index in [1.54, 1.807) is 0 Å². The maximum Gasteiger partial charge on any atom is 0.326 e. The summed E-state index contributed by atoms with van der Waals surface area (Å²) in [5.41, 5.74) is 1.07. The van der Waals surface area contributed by atoms with Gasteiger partial charge in [0.15, 0.2) is 0 Å². The minimum atomic E-state index is -0.893. The normalized spacial score (nSPS) is 28.4. The number of carboxylic acids is 1. The van der Waals surface area contributed by atoms with Crippen LogP contribution < -0.4 is 0 Å². The summed E-state index contributed by atoms with van der Waals surface area (Å²) in [6, 6.07) is 6.92. The molecule has 5 heteroatoms. The molecule has 1 amide bonds. The number of carboxylic acid groups (broad SMARTS) is 1. The lowest BCUT2D eigenvalue weighted by Gasteiger charge is -2.21. The van der Waals surface area contributed by atoms with Gasteiger partial charge in [-0.05, 0) is 42.9 Å². The Bertz CT molecular complexity index is 560. The van der Waals surface area contributed by atoms with Crippen molar-refractivity contribution in [3.8, 4) is 0 Å². The van der Waals surface area contributed by atoms with Gasteiger partial charge in [-0.15, -0.1) is 0 Å². The van der Waals surface area contributed by atoms with Crippen LogP contribution in [0.3, 0.4) is 0 Å². The van der Waals surface area contributed by atoms with Gasteiger partial charge in [-0.25, -0.2) is 4.79 Å². The first-order valence-corrected chi connectivity index (χ1v) is 7.24. The Morgan fingerprint density at radius 1 is 1.35 bits per heavy atom. The van der Waals surface area contributed by atoms with Crippen LogP contribution in [0.1, 0.15) is 30.7 Å². The molecular formula is C15H16ClNO3. The molecule has 1 saturated carbocycles. The van der Waals surface area contributed by atoms with Crippen molar-refractivity contribution < 1.29 is 14.7 Å². The van der Waals surface area contributed by atoms with E-state index in [4.69, 9.17) is 16.7 Å². The molecule has 2 fully saturated rings. The third kappa shape index (κ3) is 2.40. The van der Waals surface area contributed by atoms with Gasteiger partial charge in [0.1, 0.15) is 6.04 Å². The minimum absolute atomic E-state index is 0.0140. The second-order valence-corrected chi connectivity index (χ2v) is 5.97. The molecule has 1 aliphatic carbocycles. The molecule has 2 aliphatic rings. The molecule has 1 aliphatic heterocycles. The topological polar surface area (TPSA) is 57.6 Å². The highest BCUT2D eigenvalue weighted by Gasteiger charge is 2.48. The highest BCUT2D eigenvalue weighted by atomic mass is 35.5. The first kappa shape index (κ1) is 13.4. The summed E-state index contributed by atoms with van der Waals surface area (Å²) >= 11 is 5.96. The third-order valence-corrected chi connectivity index (χ3v) is 4.44. The van der Waals surface area contributed by atoms with Gasteiger partial charge >= 0.3 is 5.97 Å². The summed E-state index contributed by atoms with van der Waals surface area (Å²) in [7, 11) is 0. The van der Waals surface area contributed by atoms with Gasteiger partial charge in [0.2, 0.25) is 5.91 Å². The van der Waals surface area contributed by atoms with E-state index in [-0.39, 0.29) is 17.7 Å². The number of aliphatic carboxylic acids is 1. The summed E-state index contributed by atoms with van der Waals surface area (Å²) in [6.07, 6.45) is 2.13. The van der Waals surface area contributed by atoms with Crippen LogP contribution in [0.25, 0.3) is 0 Å². The SMILES string of the molecule is O=C(O)[C@H]1CCCN1C(=O)[C@@H]1C[C@H]1c1cccc(Cl)c1. The number of nitrogens with zero attached hydrogens (tertiary/aromatic N) is 1. The molecule has 1 aromatic carbocycles. The second kappa shape index (κ2) is 5.09. The van der Waals surface area contributed by atoms with Crippen molar-refractivity contribution in [1.29, 1.82) is 0 Å². The van der Waals surface area contributed by atoms with Crippen LogP contribution in [-0.2, 0) is 9.59 Å². The largest absolute Gasteiger partial charge is 0.480 e. The summed E-state index contributed by atoms with van der Waals surface area (Å²) in [6.45, 7) is 0.564. The maximum absolute atomic E-state index is 12.4. The molecule has 106 valence electrons. The van der Waals surface area contributed by atoms with E-state index in [1.807, 2.05) is 24.3 Å². The Hall–Kier alpha value is -1.55. The van der Waals surface area contributed by atoms with Crippen molar-refractivity contribution in [3.05, 3.63) is 34.9 Å². The Morgan fingerprint density at radius 3 is 2.85 bits per heavy atom. The van der Waals surface area contributed by atoms with Crippen molar-refractivity contribution in [3.63, 3.8) is 0 Å². The highest BCUT2D eigenvalue weighted by molar-refractivity contribution is 6.30. The van der Waals surface area contributed by atoms with Gasteiger partial charge in [-0.1, -0.05) is 23.7 Å². The molecule has 3 rings (SSSR count). The average molecular weight is 294 g/mol. The van der Waals surface area contributed by atoms with Gasteiger partial charge in [0.05, 0.1) is 0 Å². The molecule has 0 radical (unpaired) electrons. The van der Waals surface area contributed by atoms with Crippen LogP contribution in [0.15, 0.2) is 24.3 Å². The third-order valence-electron chi connectivity index (χ3n) is 4.21. The molecule has 1 heterocycles. The smallest absolute Gasteiger partial charge is 0.326 e. The summed E-state index contributed by atoms with van der Waals surface area (Å²) in [5, 5.41) is 9.81. The predicted molar refractivity (Wildman–Crippen MR) is 74.7 cm³/mol. The Labute approximate surface area is 122 Å². The quantitative estimate of drug-likeness (QED) is 0.931. The number of amides is 1. The molecule has 20 heavy (non-hydrogen) atoms. The van der Waals surface area contributed by atoms with Gasteiger partial charge in [0, 0.05) is 17.5 Å². The maximum atomic E-state index is 12.4. The van der Waals surface area contributed by atoms with Gasteiger partial charge in [-0.2, -0.15) is 0 Å². The van der Waals surface area contributed by atoms with Crippen molar-refractivity contribution in [2.24, 2.45) is 5.92 Å². The van der Waals surface area contributed by atoms with E-state index in [1.165, 1.54) is 4.90 Å². The van der Waals surface area contributed by atoms with Crippen molar-refractivity contribution in [1.82, 2.24) is 4.90 Å². The van der Waals surface area contributed by atoms with Crippen LogP contribution in [0.4, 0.5) is 0 Å². The molecule has 1 aromatic rings. The Morgan fingerprint density at radius 2 is 2.15 bits per heavy atom. The number of hydrogen-bond donors (Lipinski definition) is 1. The molecule has 0 spiro atoms. The number of halogens is 1. The fourth-order valence-corrected chi connectivity index (χ4v) is 3.27. The Kier molecular flexibility index (Phi) is 3.42. The molecular weight excluding hydrogens is 278 g/mol. The number of benzene rings is 1. The van der Waals surface area contributed by atoms with Gasteiger partial charge < -0.3 is 10.0 Å². The zero-order valence-corrected chi connectivity index (χ0v) is 11.7. The fraction of sp³-hybridized carbons (Fsp3) is 0.467. The van der Waals surface area contributed by atoms with Crippen LogP contribution in [0, 0.1) is 5.92 Å². The van der Waals surface area contributed by atoms with E-state index in [2.05, 4.69) is 0 Å². The lowest BCUT2D eigenvalue weighted by Crippen LogP contribution is -2.41. The van der Waals surface area contributed by atoms with Crippen LogP contribution in [0.5, 0.6) is 0 Å². The molecule has 1 saturated heterocycles. The minimum Gasteiger partial charge on any atom is -0.480 e. The molecule has 0 bridgehead atoms. The number of likely N-dealkylation sites (tertiary alicyclic amines) is 1. The lowest BCUT2D eigenvalue weighted by atomic mass is 10.1. The van der Waals surface area contributed by atoms with E-state index in [0.29, 0.717) is 18.0 Å². The van der Waals surface area contributed by atoms with E-state index in [0.717, 1.165) is 18.4 Å². The molecule has 0 aromatic heterocycles. The molecule has 4 nitrogen and oxygen atoms in total. The monoisotopic (exact) mass is 293 g/mol. The Balaban J connectivity index is 1.70. The second-order valence-electron chi connectivity index (χ2n) is 5.53. The number of rotatable bonds is 3. The van der Waals surface area contributed by atoms with Gasteiger partial charge in [-0.3, -0.25) is 4.79 Å². The van der Waals surface area contributed by atoms with E-state index in [9.17, 15) is 9.59 Å². The molecule has 1 N–H and O–H groups in total. The summed E-state index contributed by atoms with van der Waals surface area (Å²) < 4.78 is 0. The van der Waals surface area contributed by atoms with Crippen LogP contribution in [-0.4, -0.2) is 34.5 Å².